The van der Waals surface area contributed by atoms with Gasteiger partial charge in [-0.1, -0.05) is 22.0 Å². The molecule has 1 aliphatic rings. The van der Waals surface area contributed by atoms with Crippen molar-refractivity contribution in [2.24, 2.45) is 0 Å². The molecule has 21 heavy (non-hydrogen) atoms. The Morgan fingerprint density at radius 3 is 2.57 bits per heavy atom. The van der Waals surface area contributed by atoms with Gasteiger partial charge in [0.1, 0.15) is 11.6 Å². The highest BCUT2D eigenvalue weighted by atomic mass is 79.9. The van der Waals surface area contributed by atoms with Gasteiger partial charge in [0.15, 0.2) is 5.16 Å². The van der Waals surface area contributed by atoms with Crippen molar-refractivity contribution in [1.29, 1.82) is 0 Å². The molecule has 1 saturated carbocycles. The van der Waals surface area contributed by atoms with Crippen LogP contribution in [0.1, 0.15) is 18.4 Å². The molecule has 0 atom stereocenters. The zero-order valence-corrected chi connectivity index (χ0v) is 13.7. The van der Waals surface area contributed by atoms with Gasteiger partial charge in [-0.3, -0.25) is 0 Å². The Kier molecular flexibility index (Phi) is 4.32. The molecule has 7 heteroatoms. The van der Waals surface area contributed by atoms with Gasteiger partial charge in [0.25, 0.3) is 0 Å². The summed E-state index contributed by atoms with van der Waals surface area (Å²) >= 11 is 4.98. The minimum absolute atomic E-state index is 0.387. The number of anilines is 2. The maximum atomic E-state index is 5.72. The number of nitrogens with one attached hydrogen (secondary N) is 1. The van der Waals surface area contributed by atoms with E-state index in [2.05, 4.69) is 43.3 Å². The lowest BCUT2D eigenvalue weighted by Crippen LogP contribution is -2.15. The number of nitrogens with zero attached hydrogens (tertiary/aromatic N) is 2. The number of aromatic nitrogens is 2. The summed E-state index contributed by atoms with van der Waals surface area (Å²) in [7, 11) is 0. The summed E-state index contributed by atoms with van der Waals surface area (Å²) in [5, 5.41) is 4.09. The third-order valence-electron chi connectivity index (χ3n) is 3.13. The van der Waals surface area contributed by atoms with Crippen LogP contribution in [-0.4, -0.2) is 16.0 Å². The molecule has 1 aromatic heterocycles. The van der Waals surface area contributed by atoms with Crippen molar-refractivity contribution < 1.29 is 0 Å². The topological polar surface area (TPSA) is 89.9 Å². The van der Waals surface area contributed by atoms with Crippen LogP contribution in [0.3, 0.4) is 0 Å². The molecule has 2 aromatic rings. The van der Waals surface area contributed by atoms with E-state index in [0.717, 1.165) is 15.9 Å². The Bertz CT molecular complexity index is 640. The van der Waals surface area contributed by atoms with Gasteiger partial charge in [-0.05, 0) is 42.3 Å². The van der Waals surface area contributed by atoms with Crippen LogP contribution in [0.25, 0.3) is 0 Å². The third-order valence-corrected chi connectivity index (χ3v) is 4.59. The quantitative estimate of drug-likeness (QED) is 0.705. The number of halogens is 1. The number of benzene rings is 1. The second kappa shape index (κ2) is 6.21. The Labute approximate surface area is 136 Å². The molecule has 3 rings (SSSR count). The first kappa shape index (κ1) is 14.6. The molecule has 1 fully saturated rings. The zero-order chi connectivity index (χ0) is 14.8. The monoisotopic (exact) mass is 365 g/mol. The highest BCUT2D eigenvalue weighted by Gasteiger charge is 2.20. The smallest absolute Gasteiger partial charge is 0.196 e. The average Bonchev–Trinajstić information content (AvgIpc) is 3.20. The van der Waals surface area contributed by atoms with E-state index in [9.17, 15) is 0 Å². The molecule has 110 valence electrons. The SMILES string of the molecule is Nc1cc(N)nc(Sc2cc(Br)ccc2CNC2CC2)n1. The molecule has 0 unspecified atom stereocenters. The summed E-state index contributed by atoms with van der Waals surface area (Å²) in [5.74, 6) is 0.773. The highest BCUT2D eigenvalue weighted by Crippen LogP contribution is 2.32. The number of nitrogens with two attached hydrogens (primary N) is 2. The molecule has 0 spiro atoms. The van der Waals surface area contributed by atoms with Gasteiger partial charge < -0.3 is 16.8 Å². The fourth-order valence-electron chi connectivity index (χ4n) is 1.92. The fraction of sp³-hybridized carbons (Fsp3) is 0.286. The van der Waals surface area contributed by atoms with Crippen LogP contribution in [0.4, 0.5) is 11.6 Å². The van der Waals surface area contributed by atoms with E-state index in [0.29, 0.717) is 22.8 Å². The first-order valence-electron chi connectivity index (χ1n) is 6.70. The van der Waals surface area contributed by atoms with Crippen molar-refractivity contribution in [3.8, 4) is 0 Å². The first-order valence-corrected chi connectivity index (χ1v) is 8.31. The third kappa shape index (κ3) is 4.09. The Balaban J connectivity index is 1.83. The van der Waals surface area contributed by atoms with Crippen LogP contribution in [-0.2, 0) is 6.54 Å². The summed E-state index contributed by atoms with van der Waals surface area (Å²) in [6.07, 6.45) is 2.54. The van der Waals surface area contributed by atoms with E-state index in [4.69, 9.17) is 11.5 Å². The number of hydrogen-bond donors (Lipinski definition) is 3. The van der Waals surface area contributed by atoms with E-state index in [1.54, 1.807) is 6.07 Å². The van der Waals surface area contributed by atoms with E-state index in [-0.39, 0.29) is 0 Å². The van der Waals surface area contributed by atoms with Crippen LogP contribution in [0, 0.1) is 0 Å². The molecule has 5 N–H and O–H groups in total. The molecule has 0 amide bonds. The number of hydrogen-bond acceptors (Lipinski definition) is 6. The van der Waals surface area contributed by atoms with E-state index in [1.165, 1.54) is 30.2 Å². The molecule has 1 heterocycles. The van der Waals surface area contributed by atoms with Crippen LogP contribution in [0.2, 0.25) is 0 Å². The zero-order valence-electron chi connectivity index (χ0n) is 11.3. The van der Waals surface area contributed by atoms with Crippen molar-refractivity contribution in [2.45, 2.75) is 35.5 Å². The van der Waals surface area contributed by atoms with Crippen molar-refractivity contribution in [1.82, 2.24) is 15.3 Å². The summed E-state index contributed by atoms with van der Waals surface area (Å²) in [5.41, 5.74) is 12.7. The highest BCUT2D eigenvalue weighted by molar-refractivity contribution is 9.10. The lowest BCUT2D eigenvalue weighted by Gasteiger charge is -2.10. The van der Waals surface area contributed by atoms with Crippen molar-refractivity contribution in [3.63, 3.8) is 0 Å². The molecule has 0 aliphatic heterocycles. The summed E-state index contributed by atoms with van der Waals surface area (Å²) in [6, 6.07) is 8.45. The van der Waals surface area contributed by atoms with Crippen LogP contribution >= 0.6 is 27.7 Å². The van der Waals surface area contributed by atoms with Gasteiger partial charge in [-0.15, -0.1) is 0 Å². The summed E-state index contributed by atoms with van der Waals surface area (Å²) in [4.78, 5) is 9.54. The van der Waals surface area contributed by atoms with Gasteiger partial charge in [0.2, 0.25) is 0 Å². The first-order chi connectivity index (χ1) is 10.1. The molecule has 0 radical (unpaired) electrons. The molecule has 5 nitrogen and oxygen atoms in total. The van der Waals surface area contributed by atoms with Crippen LogP contribution < -0.4 is 16.8 Å². The lowest BCUT2D eigenvalue weighted by molar-refractivity contribution is 0.680. The normalized spacial score (nSPS) is 14.3. The maximum Gasteiger partial charge on any atom is 0.196 e. The average molecular weight is 366 g/mol. The molecule has 1 aromatic carbocycles. The predicted octanol–water partition coefficient (Wildman–Crippen LogP) is 2.81. The van der Waals surface area contributed by atoms with E-state index < -0.39 is 0 Å². The Morgan fingerprint density at radius 2 is 1.90 bits per heavy atom. The molecular weight excluding hydrogens is 350 g/mol. The van der Waals surface area contributed by atoms with Gasteiger partial charge in [-0.2, -0.15) is 0 Å². The molecule has 0 saturated heterocycles. The fourth-order valence-corrected chi connectivity index (χ4v) is 3.39. The Morgan fingerprint density at radius 1 is 1.19 bits per heavy atom. The Hall–Kier alpha value is -1.31. The standard InChI is InChI=1S/C14H16BrN5S/c15-9-2-1-8(7-18-10-3-4-10)11(5-9)21-14-19-12(16)6-13(17)20-14/h1-2,5-6,10,18H,3-4,7H2,(H4,16,17,19,20). The molecule has 1 aliphatic carbocycles. The predicted molar refractivity (Wildman–Crippen MR) is 89.0 cm³/mol. The number of nitrogen functional groups attached to an aromatic ring is 2. The van der Waals surface area contributed by atoms with Gasteiger partial charge in [-0.25, -0.2) is 9.97 Å². The minimum atomic E-state index is 0.387. The van der Waals surface area contributed by atoms with Gasteiger partial charge >= 0.3 is 0 Å². The summed E-state index contributed by atoms with van der Waals surface area (Å²) in [6.45, 7) is 0.845. The minimum Gasteiger partial charge on any atom is -0.383 e. The van der Waals surface area contributed by atoms with Crippen LogP contribution in [0.15, 0.2) is 38.8 Å². The second-order valence-corrected chi connectivity index (χ2v) is 6.93. The second-order valence-electron chi connectivity index (χ2n) is 5.01. The molecule has 0 bridgehead atoms. The van der Waals surface area contributed by atoms with Crippen molar-refractivity contribution >= 4 is 39.3 Å². The molecular formula is C14H16BrN5S. The lowest BCUT2D eigenvalue weighted by atomic mass is 10.2. The van der Waals surface area contributed by atoms with Crippen LogP contribution in [0.5, 0.6) is 0 Å². The van der Waals surface area contributed by atoms with Crippen molar-refractivity contribution in [2.75, 3.05) is 11.5 Å². The van der Waals surface area contributed by atoms with E-state index in [1.807, 2.05) is 6.07 Å². The van der Waals surface area contributed by atoms with Gasteiger partial charge in [0, 0.05) is 28.0 Å². The van der Waals surface area contributed by atoms with Gasteiger partial charge in [0.05, 0.1) is 0 Å². The number of rotatable bonds is 5. The maximum absolute atomic E-state index is 5.72. The van der Waals surface area contributed by atoms with Crippen molar-refractivity contribution in [3.05, 3.63) is 34.3 Å². The van der Waals surface area contributed by atoms with E-state index >= 15 is 0 Å². The largest absolute Gasteiger partial charge is 0.383 e. The summed E-state index contributed by atoms with van der Waals surface area (Å²) < 4.78 is 1.03.